The van der Waals surface area contributed by atoms with E-state index in [0.29, 0.717) is 0 Å². The molecule has 4 nitrogen and oxygen atoms in total. The van der Waals surface area contributed by atoms with Crippen LogP contribution in [0, 0.1) is 0 Å². The van der Waals surface area contributed by atoms with Crippen molar-refractivity contribution in [3.8, 4) is 10.6 Å². The molecule has 0 radical (unpaired) electrons. The number of nitrogens with zero attached hydrogens (tertiary/aromatic N) is 2. The van der Waals surface area contributed by atoms with E-state index < -0.39 is 0 Å². The zero-order valence-electron chi connectivity index (χ0n) is 10.4. The van der Waals surface area contributed by atoms with Gasteiger partial charge in [0, 0.05) is 6.42 Å². The summed E-state index contributed by atoms with van der Waals surface area (Å²) in [4.78, 5) is 0. The van der Waals surface area contributed by atoms with Gasteiger partial charge in [-0.2, -0.15) is 0 Å². The fourth-order valence-corrected chi connectivity index (χ4v) is 2.63. The molecule has 0 saturated heterocycles. The van der Waals surface area contributed by atoms with Crippen molar-refractivity contribution in [1.29, 1.82) is 0 Å². The smallest absolute Gasteiger partial charge is 0.151 e. The van der Waals surface area contributed by atoms with Gasteiger partial charge in [-0.1, -0.05) is 25.2 Å². The number of nitrogens with one attached hydrogen (secondary N) is 1. The van der Waals surface area contributed by atoms with Crippen LogP contribution in [0.2, 0.25) is 0 Å². The van der Waals surface area contributed by atoms with E-state index in [1.54, 1.807) is 17.6 Å². The molecule has 0 amide bonds. The molecule has 0 aliphatic carbocycles. The normalized spacial score (nSPS) is 12.9. The van der Waals surface area contributed by atoms with Gasteiger partial charge in [-0.25, -0.2) is 0 Å². The molecule has 1 unspecified atom stereocenters. The number of hydrogen-bond donors (Lipinski definition) is 1. The minimum absolute atomic E-state index is 0.253. The monoisotopic (exact) mass is 251 g/mol. The maximum absolute atomic E-state index is 5.41. The van der Waals surface area contributed by atoms with Crippen molar-refractivity contribution in [1.82, 2.24) is 15.5 Å². The molecular formula is C12H17N3OS. The first-order valence-corrected chi connectivity index (χ1v) is 6.71. The second-order valence-electron chi connectivity index (χ2n) is 3.84. The Morgan fingerprint density at radius 3 is 2.94 bits per heavy atom. The molecule has 92 valence electrons. The Morgan fingerprint density at radius 1 is 1.41 bits per heavy atom. The quantitative estimate of drug-likeness (QED) is 0.887. The number of hydrogen-bond acceptors (Lipinski definition) is 5. The molecule has 1 N–H and O–H groups in total. The predicted molar refractivity (Wildman–Crippen MR) is 69.1 cm³/mol. The van der Waals surface area contributed by atoms with Crippen LogP contribution in [0.25, 0.3) is 10.6 Å². The lowest BCUT2D eigenvalue weighted by Gasteiger charge is -2.06. The van der Waals surface area contributed by atoms with E-state index in [4.69, 9.17) is 4.42 Å². The number of aryl methyl sites for hydroxylation is 1. The zero-order valence-corrected chi connectivity index (χ0v) is 11.2. The summed E-state index contributed by atoms with van der Waals surface area (Å²) in [6.45, 7) is 7.20. The van der Waals surface area contributed by atoms with Gasteiger partial charge in [0.15, 0.2) is 5.01 Å². The lowest BCUT2D eigenvalue weighted by Crippen LogP contribution is -2.17. The van der Waals surface area contributed by atoms with E-state index in [-0.39, 0.29) is 6.04 Å². The Kier molecular flexibility index (Phi) is 3.91. The van der Waals surface area contributed by atoms with Crippen molar-refractivity contribution >= 4 is 11.3 Å². The molecular weight excluding hydrogens is 234 g/mol. The maximum atomic E-state index is 5.41. The first kappa shape index (κ1) is 12.3. The minimum atomic E-state index is 0.253. The standard InChI is InChI=1S/C12H17N3OS/c1-4-10-9(6-7-16-10)12-15-14-11(17-12)8(3)13-5-2/h6-8,13H,4-5H2,1-3H3. The summed E-state index contributed by atoms with van der Waals surface area (Å²) in [6, 6.07) is 2.21. The van der Waals surface area contributed by atoms with E-state index in [1.165, 1.54) is 0 Å². The van der Waals surface area contributed by atoms with Gasteiger partial charge in [0.1, 0.15) is 10.8 Å². The molecule has 0 saturated carbocycles. The summed E-state index contributed by atoms with van der Waals surface area (Å²) >= 11 is 1.62. The Morgan fingerprint density at radius 2 is 2.24 bits per heavy atom. The zero-order chi connectivity index (χ0) is 12.3. The summed E-state index contributed by atoms with van der Waals surface area (Å²) in [7, 11) is 0. The summed E-state index contributed by atoms with van der Waals surface area (Å²) < 4.78 is 5.41. The van der Waals surface area contributed by atoms with Crippen molar-refractivity contribution in [3.05, 3.63) is 23.1 Å². The summed E-state index contributed by atoms with van der Waals surface area (Å²) in [5.74, 6) is 0.976. The van der Waals surface area contributed by atoms with Crippen LogP contribution in [-0.4, -0.2) is 16.7 Å². The van der Waals surface area contributed by atoms with E-state index in [9.17, 15) is 0 Å². The molecule has 17 heavy (non-hydrogen) atoms. The third-order valence-corrected chi connectivity index (χ3v) is 3.76. The van der Waals surface area contributed by atoms with Gasteiger partial charge in [-0.3, -0.25) is 0 Å². The van der Waals surface area contributed by atoms with Crippen molar-refractivity contribution in [3.63, 3.8) is 0 Å². The lowest BCUT2D eigenvalue weighted by molar-refractivity contribution is 0.517. The molecule has 0 aromatic carbocycles. The van der Waals surface area contributed by atoms with Gasteiger partial charge in [0.05, 0.1) is 17.9 Å². The van der Waals surface area contributed by atoms with E-state index in [0.717, 1.165) is 34.3 Å². The minimum Gasteiger partial charge on any atom is -0.469 e. The van der Waals surface area contributed by atoms with Gasteiger partial charge in [0.2, 0.25) is 0 Å². The van der Waals surface area contributed by atoms with Crippen molar-refractivity contribution in [2.45, 2.75) is 33.2 Å². The topological polar surface area (TPSA) is 51.0 Å². The molecule has 2 aromatic heterocycles. The van der Waals surface area contributed by atoms with Gasteiger partial charge >= 0.3 is 0 Å². The van der Waals surface area contributed by atoms with Crippen molar-refractivity contribution in [2.24, 2.45) is 0 Å². The van der Waals surface area contributed by atoms with E-state index in [1.807, 2.05) is 6.07 Å². The van der Waals surface area contributed by atoms with Crippen LogP contribution in [0.4, 0.5) is 0 Å². The summed E-state index contributed by atoms with van der Waals surface area (Å²) in [5, 5.41) is 13.8. The molecule has 0 spiro atoms. The van der Waals surface area contributed by atoms with Crippen molar-refractivity contribution in [2.75, 3.05) is 6.54 Å². The number of aromatic nitrogens is 2. The molecule has 1 atom stereocenters. The van der Waals surface area contributed by atoms with Crippen LogP contribution in [0.5, 0.6) is 0 Å². The molecule has 0 bridgehead atoms. The fraction of sp³-hybridized carbons (Fsp3) is 0.500. The number of furan rings is 1. The molecule has 0 aliphatic heterocycles. The highest BCUT2D eigenvalue weighted by molar-refractivity contribution is 7.14. The van der Waals surface area contributed by atoms with E-state index in [2.05, 4.69) is 36.3 Å². The predicted octanol–water partition coefficient (Wildman–Crippen LogP) is 3.03. The Hall–Kier alpha value is -1.20. The molecule has 2 heterocycles. The molecule has 0 fully saturated rings. The number of rotatable bonds is 5. The van der Waals surface area contributed by atoms with Gasteiger partial charge in [-0.05, 0) is 19.5 Å². The second-order valence-corrected chi connectivity index (χ2v) is 4.84. The fourth-order valence-electron chi connectivity index (χ4n) is 1.72. The van der Waals surface area contributed by atoms with Gasteiger partial charge in [0.25, 0.3) is 0 Å². The van der Waals surface area contributed by atoms with Crippen molar-refractivity contribution < 1.29 is 4.42 Å². The lowest BCUT2D eigenvalue weighted by atomic mass is 10.2. The average molecular weight is 251 g/mol. The SMILES string of the molecule is CCNC(C)c1nnc(-c2ccoc2CC)s1. The van der Waals surface area contributed by atoms with E-state index >= 15 is 0 Å². The van der Waals surface area contributed by atoms with Gasteiger partial charge in [-0.15, -0.1) is 10.2 Å². The third-order valence-electron chi connectivity index (χ3n) is 2.62. The summed E-state index contributed by atoms with van der Waals surface area (Å²) in [5.41, 5.74) is 1.07. The molecule has 2 aromatic rings. The Balaban J connectivity index is 2.23. The average Bonchev–Trinajstić information content (AvgIpc) is 2.97. The Bertz CT molecular complexity index is 478. The van der Waals surface area contributed by atoms with Crippen LogP contribution >= 0.6 is 11.3 Å². The first-order valence-electron chi connectivity index (χ1n) is 5.89. The van der Waals surface area contributed by atoms with Crippen LogP contribution in [0.15, 0.2) is 16.7 Å². The molecule has 0 aliphatic rings. The van der Waals surface area contributed by atoms with Crippen LogP contribution in [0.3, 0.4) is 0 Å². The van der Waals surface area contributed by atoms with Gasteiger partial charge < -0.3 is 9.73 Å². The highest BCUT2D eigenvalue weighted by Gasteiger charge is 2.15. The largest absolute Gasteiger partial charge is 0.469 e. The highest BCUT2D eigenvalue weighted by atomic mass is 32.1. The van der Waals surface area contributed by atoms with Crippen LogP contribution in [0.1, 0.15) is 37.6 Å². The van der Waals surface area contributed by atoms with Crippen LogP contribution in [-0.2, 0) is 6.42 Å². The molecule has 2 rings (SSSR count). The Labute approximate surface area is 105 Å². The van der Waals surface area contributed by atoms with Crippen LogP contribution < -0.4 is 5.32 Å². The highest BCUT2D eigenvalue weighted by Crippen LogP contribution is 2.30. The summed E-state index contributed by atoms with van der Waals surface area (Å²) in [6.07, 6.45) is 2.59. The maximum Gasteiger partial charge on any atom is 0.151 e. The first-order chi connectivity index (χ1) is 8.26. The second kappa shape index (κ2) is 5.42. The third kappa shape index (κ3) is 2.56. The molecule has 5 heteroatoms.